The van der Waals surface area contributed by atoms with Gasteiger partial charge < -0.3 is 14.2 Å². The maximum atomic E-state index is 5.29. The number of ether oxygens (including phenoxy) is 3. The molecule has 0 radical (unpaired) electrons. The van der Waals surface area contributed by atoms with Gasteiger partial charge in [-0.3, -0.25) is 0 Å². The van der Waals surface area contributed by atoms with Gasteiger partial charge in [-0.05, 0) is 13.8 Å². The summed E-state index contributed by atoms with van der Waals surface area (Å²) in [4.78, 5) is 0. The van der Waals surface area contributed by atoms with E-state index in [-0.39, 0.29) is 6.10 Å². The molecular weight excluding hydrogens is 168 g/mol. The van der Waals surface area contributed by atoms with Crippen LogP contribution in [-0.4, -0.2) is 39.1 Å². The SMILES string of the molecule is C=CCOCCOCCOC(C)C. The highest BCUT2D eigenvalue weighted by atomic mass is 16.5. The molecule has 0 saturated carbocycles. The Kier molecular flexibility index (Phi) is 9.42. The monoisotopic (exact) mass is 188 g/mol. The van der Waals surface area contributed by atoms with Crippen molar-refractivity contribution in [3.05, 3.63) is 12.7 Å². The molecule has 0 aromatic carbocycles. The maximum Gasteiger partial charge on any atom is 0.0704 e. The third-order valence-electron chi connectivity index (χ3n) is 1.29. The summed E-state index contributed by atoms with van der Waals surface area (Å²) < 4.78 is 15.7. The third-order valence-corrected chi connectivity index (χ3v) is 1.29. The quantitative estimate of drug-likeness (QED) is 0.406. The smallest absolute Gasteiger partial charge is 0.0704 e. The van der Waals surface area contributed by atoms with E-state index in [2.05, 4.69) is 6.58 Å². The summed E-state index contributed by atoms with van der Waals surface area (Å²) in [6, 6.07) is 0. The first-order valence-electron chi connectivity index (χ1n) is 4.65. The van der Waals surface area contributed by atoms with Gasteiger partial charge >= 0.3 is 0 Å². The van der Waals surface area contributed by atoms with E-state index in [1.165, 1.54) is 0 Å². The Morgan fingerprint density at radius 3 is 2.31 bits per heavy atom. The molecule has 0 amide bonds. The van der Waals surface area contributed by atoms with Crippen molar-refractivity contribution in [3.63, 3.8) is 0 Å². The zero-order valence-corrected chi connectivity index (χ0v) is 8.62. The Balaban J connectivity index is 2.87. The molecule has 3 nitrogen and oxygen atoms in total. The standard InChI is InChI=1S/C10H20O3/c1-4-5-11-6-7-12-8-9-13-10(2)3/h4,10H,1,5-9H2,2-3H3. The van der Waals surface area contributed by atoms with Crippen molar-refractivity contribution in [2.45, 2.75) is 20.0 Å². The van der Waals surface area contributed by atoms with Crippen molar-refractivity contribution < 1.29 is 14.2 Å². The predicted octanol–water partition coefficient (Wildman–Crippen LogP) is 1.63. The van der Waals surface area contributed by atoms with Crippen molar-refractivity contribution >= 4 is 0 Å². The minimum absolute atomic E-state index is 0.278. The lowest BCUT2D eigenvalue weighted by Crippen LogP contribution is -2.12. The maximum absolute atomic E-state index is 5.29. The summed E-state index contributed by atoms with van der Waals surface area (Å²) in [7, 11) is 0. The van der Waals surface area contributed by atoms with Crippen LogP contribution >= 0.6 is 0 Å². The first kappa shape index (κ1) is 12.6. The van der Waals surface area contributed by atoms with E-state index in [1.807, 2.05) is 13.8 Å². The molecule has 3 heteroatoms. The van der Waals surface area contributed by atoms with Crippen molar-refractivity contribution in [1.29, 1.82) is 0 Å². The van der Waals surface area contributed by atoms with E-state index in [1.54, 1.807) is 6.08 Å². The van der Waals surface area contributed by atoms with E-state index in [0.29, 0.717) is 33.0 Å². The van der Waals surface area contributed by atoms with Crippen LogP contribution in [0.2, 0.25) is 0 Å². The molecule has 0 unspecified atom stereocenters. The zero-order valence-electron chi connectivity index (χ0n) is 8.62. The van der Waals surface area contributed by atoms with E-state index < -0.39 is 0 Å². The van der Waals surface area contributed by atoms with Gasteiger partial charge in [0, 0.05) is 0 Å². The Hall–Kier alpha value is -0.380. The van der Waals surface area contributed by atoms with Gasteiger partial charge in [0.15, 0.2) is 0 Å². The van der Waals surface area contributed by atoms with Crippen molar-refractivity contribution in [2.75, 3.05) is 33.0 Å². The minimum Gasteiger partial charge on any atom is -0.377 e. The minimum atomic E-state index is 0.278. The van der Waals surface area contributed by atoms with Gasteiger partial charge in [0.25, 0.3) is 0 Å². The topological polar surface area (TPSA) is 27.7 Å². The summed E-state index contributed by atoms with van der Waals surface area (Å²) in [6.45, 7) is 10.7. The Bertz CT molecular complexity index is 113. The van der Waals surface area contributed by atoms with E-state index in [9.17, 15) is 0 Å². The van der Waals surface area contributed by atoms with Gasteiger partial charge in [0.1, 0.15) is 0 Å². The average molecular weight is 188 g/mol. The molecule has 13 heavy (non-hydrogen) atoms. The zero-order chi connectivity index (χ0) is 9.94. The molecule has 0 aromatic heterocycles. The molecule has 0 saturated heterocycles. The highest BCUT2D eigenvalue weighted by molar-refractivity contribution is 4.63. The highest BCUT2D eigenvalue weighted by Crippen LogP contribution is 1.87. The first-order valence-corrected chi connectivity index (χ1v) is 4.65. The molecule has 0 rings (SSSR count). The fourth-order valence-electron chi connectivity index (χ4n) is 0.729. The summed E-state index contributed by atoms with van der Waals surface area (Å²) in [5.74, 6) is 0. The second kappa shape index (κ2) is 9.71. The molecule has 0 spiro atoms. The van der Waals surface area contributed by atoms with Gasteiger partial charge in [0.05, 0.1) is 39.1 Å². The molecule has 0 bridgehead atoms. The first-order chi connectivity index (χ1) is 6.27. The van der Waals surface area contributed by atoms with Crippen LogP contribution in [0.25, 0.3) is 0 Å². The summed E-state index contributed by atoms with van der Waals surface area (Å²) in [6.07, 6.45) is 2.00. The van der Waals surface area contributed by atoms with Crippen LogP contribution in [0.15, 0.2) is 12.7 Å². The number of rotatable bonds is 9. The van der Waals surface area contributed by atoms with E-state index in [0.717, 1.165) is 0 Å². The van der Waals surface area contributed by atoms with Gasteiger partial charge in [-0.25, -0.2) is 0 Å². The lowest BCUT2D eigenvalue weighted by molar-refractivity contribution is 0.00177. The number of hydrogen-bond donors (Lipinski definition) is 0. The summed E-state index contributed by atoms with van der Waals surface area (Å²) >= 11 is 0. The Labute approximate surface area is 80.7 Å². The molecule has 0 aliphatic rings. The van der Waals surface area contributed by atoms with Crippen molar-refractivity contribution in [2.24, 2.45) is 0 Å². The third kappa shape index (κ3) is 11.6. The Morgan fingerprint density at radius 2 is 1.69 bits per heavy atom. The number of hydrogen-bond acceptors (Lipinski definition) is 3. The largest absolute Gasteiger partial charge is 0.377 e. The molecule has 0 fully saturated rings. The molecule has 0 atom stereocenters. The van der Waals surface area contributed by atoms with Gasteiger partial charge in [-0.2, -0.15) is 0 Å². The Morgan fingerprint density at radius 1 is 1.08 bits per heavy atom. The van der Waals surface area contributed by atoms with E-state index >= 15 is 0 Å². The predicted molar refractivity (Wildman–Crippen MR) is 52.9 cm³/mol. The second-order valence-electron chi connectivity index (χ2n) is 2.90. The van der Waals surface area contributed by atoms with Crippen molar-refractivity contribution in [3.8, 4) is 0 Å². The molecule has 0 heterocycles. The van der Waals surface area contributed by atoms with E-state index in [4.69, 9.17) is 14.2 Å². The average Bonchev–Trinajstić information content (AvgIpc) is 2.09. The normalized spacial score (nSPS) is 10.7. The fourth-order valence-corrected chi connectivity index (χ4v) is 0.729. The van der Waals surface area contributed by atoms with Crippen LogP contribution in [0.1, 0.15) is 13.8 Å². The molecule has 0 aromatic rings. The van der Waals surface area contributed by atoms with Crippen LogP contribution in [0.5, 0.6) is 0 Å². The van der Waals surface area contributed by atoms with Crippen LogP contribution in [0.3, 0.4) is 0 Å². The lowest BCUT2D eigenvalue weighted by atomic mass is 10.5. The van der Waals surface area contributed by atoms with Gasteiger partial charge in [-0.1, -0.05) is 6.08 Å². The van der Waals surface area contributed by atoms with Crippen LogP contribution in [-0.2, 0) is 14.2 Å². The lowest BCUT2D eigenvalue weighted by Gasteiger charge is -2.07. The second-order valence-corrected chi connectivity index (χ2v) is 2.90. The van der Waals surface area contributed by atoms with Crippen LogP contribution < -0.4 is 0 Å². The van der Waals surface area contributed by atoms with Gasteiger partial charge in [0.2, 0.25) is 0 Å². The van der Waals surface area contributed by atoms with Crippen LogP contribution in [0.4, 0.5) is 0 Å². The summed E-state index contributed by atoms with van der Waals surface area (Å²) in [5.41, 5.74) is 0. The van der Waals surface area contributed by atoms with Gasteiger partial charge in [-0.15, -0.1) is 6.58 Å². The summed E-state index contributed by atoms with van der Waals surface area (Å²) in [5, 5.41) is 0. The molecule has 0 N–H and O–H groups in total. The van der Waals surface area contributed by atoms with Crippen molar-refractivity contribution in [1.82, 2.24) is 0 Å². The fraction of sp³-hybridized carbons (Fsp3) is 0.800. The van der Waals surface area contributed by atoms with Crippen LogP contribution in [0, 0.1) is 0 Å². The highest BCUT2D eigenvalue weighted by Gasteiger charge is 1.92. The molecule has 0 aliphatic carbocycles. The molecular formula is C10H20O3. The molecule has 78 valence electrons. The molecule has 0 aliphatic heterocycles.